The topological polar surface area (TPSA) is 48.1 Å². The van der Waals surface area contributed by atoms with Gasteiger partial charge in [0.2, 0.25) is 0 Å². The molecule has 2 N–H and O–H groups in total. The van der Waals surface area contributed by atoms with E-state index in [0.29, 0.717) is 11.3 Å². The first-order chi connectivity index (χ1) is 8.20. The van der Waals surface area contributed by atoms with Gasteiger partial charge in [-0.15, -0.1) is 0 Å². The van der Waals surface area contributed by atoms with E-state index in [0.717, 1.165) is 4.47 Å². The summed E-state index contributed by atoms with van der Waals surface area (Å²) in [5.41, 5.74) is 6.15. The number of para-hydroxylation sites is 1. The van der Waals surface area contributed by atoms with Crippen LogP contribution in [0.5, 0.6) is 11.5 Å². The number of aromatic nitrogens is 1. The first-order valence-electron chi connectivity index (χ1n) is 4.96. The summed E-state index contributed by atoms with van der Waals surface area (Å²) in [6, 6.07) is 6.37. The Labute approximate surface area is 107 Å². The van der Waals surface area contributed by atoms with Crippen molar-refractivity contribution in [1.29, 1.82) is 0 Å². The summed E-state index contributed by atoms with van der Waals surface area (Å²) < 4.78 is 19.8. The lowest BCUT2D eigenvalue weighted by Crippen LogP contribution is -2.01. The maximum Gasteiger partial charge on any atom is 0.167 e. The molecule has 1 aromatic carbocycles. The van der Waals surface area contributed by atoms with Crippen LogP contribution in [-0.4, -0.2) is 4.98 Å². The number of nitrogens with two attached hydrogens (primary N) is 1. The molecule has 0 aliphatic carbocycles. The average molecular weight is 297 g/mol. The molecule has 0 aliphatic heterocycles. The fourth-order valence-corrected chi connectivity index (χ4v) is 1.74. The normalized spacial score (nSPS) is 10.3. The molecule has 0 saturated carbocycles. The molecule has 1 heterocycles. The largest absolute Gasteiger partial charge is 0.452 e. The summed E-state index contributed by atoms with van der Waals surface area (Å²) in [4.78, 5) is 3.94. The average Bonchev–Trinajstić information content (AvgIpc) is 2.32. The standard InChI is InChI=1S/C12H10BrFN2O/c13-9-4-10(7-16-6-9)17-12-8(5-15)2-1-3-11(12)14/h1-4,6-7H,5,15H2. The van der Waals surface area contributed by atoms with Gasteiger partial charge in [-0.05, 0) is 28.1 Å². The Morgan fingerprint density at radius 1 is 1.35 bits per heavy atom. The lowest BCUT2D eigenvalue weighted by atomic mass is 10.2. The number of halogens is 2. The highest BCUT2D eigenvalue weighted by Crippen LogP contribution is 2.28. The molecule has 0 aliphatic rings. The maximum absolute atomic E-state index is 13.6. The van der Waals surface area contributed by atoms with E-state index in [1.807, 2.05) is 0 Å². The molecule has 88 valence electrons. The second kappa shape index (κ2) is 5.25. The summed E-state index contributed by atoms with van der Waals surface area (Å²) in [6.45, 7) is 0.217. The van der Waals surface area contributed by atoms with Crippen LogP contribution in [0, 0.1) is 5.82 Å². The van der Waals surface area contributed by atoms with E-state index in [4.69, 9.17) is 10.5 Å². The van der Waals surface area contributed by atoms with E-state index in [1.54, 1.807) is 24.4 Å². The van der Waals surface area contributed by atoms with Gasteiger partial charge in [-0.1, -0.05) is 12.1 Å². The predicted octanol–water partition coefficient (Wildman–Crippen LogP) is 3.23. The van der Waals surface area contributed by atoms with Crippen LogP contribution >= 0.6 is 15.9 Å². The summed E-state index contributed by atoms with van der Waals surface area (Å²) in [6.07, 6.45) is 3.13. The monoisotopic (exact) mass is 296 g/mol. The van der Waals surface area contributed by atoms with Crippen LogP contribution in [0.15, 0.2) is 41.1 Å². The molecule has 0 atom stereocenters. The van der Waals surface area contributed by atoms with E-state index in [9.17, 15) is 4.39 Å². The summed E-state index contributed by atoms with van der Waals surface area (Å²) >= 11 is 3.27. The Bertz CT molecular complexity index is 534. The lowest BCUT2D eigenvalue weighted by Gasteiger charge is -2.10. The van der Waals surface area contributed by atoms with Crippen molar-refractivity contribution in [3.05, 3.63) is 52.5 Å². The van der Waals surface area contributed by atoms with E-state index in [1.165, 1.54) is 12.3 Å². The number of pyridine rings is 1. The molecule has 3 nitrogen and oxygen atoms in total. The van der Waals surface area contributed by atoms with E-state index >= 15 is 0 Å². The highest BCUT2D eigenvalue weighted by Gasteiger charge is 2.10. The number of hydrogen-bond donors (Lipinski definition) is 1. The molecule has 0 spiro atoms. The lowest BCUT2D eigenvalue weighted by molar-refractivity contribution is 0.434. The Kier molecular flexibility index (Phi) is 3.71. The zero-order valence-electron chi connectivity index (χ0n) is 8.86. The zero-order valence-corrected chi connectivity index (χ0v) is 10.4. The third-order valence-electron chi connectivity index (χ3n) is 2.17. The Morgan fingerprint density at radius 3 is 2.88 bits per heavy atom. The maximum atomic E-state index is 13.6. The van der Waals surface area contributed by atoms with Gasteiger partial charge in [-0.25, -0.2) is 4.39 Å². The molecule has 1 aromatic heterocycles. The van der Waals surface area contributed by atoms with E-state index in [2.05, 4.69) is 20.9 Å². The minimum absolute atomic E-state index is 0.148. The fourth-order valence-electron chi connectivity index (χ4n) is 1.39. The number of hydrogen-bond acceptors (Lipinski definition) is 3. The van der Waals surface area contributed by atoms with Crippen molar-refractivity contribution in [2.24, 2.45) is 5.73 Å². The molecule has 2 aromatic rings. The highest BCUT2D eigenvalue weighted by atomic mass is 79.9. The van der Waals surface area contributed by atoms with Crippen molar-refractivity contribution in [1.82, 2.24) is 4.98 Å². The number of ether oxygens (including phenoxy) is 1. The molecule has 0 amide bonds. The van der Waals surface area contributed by atoms with Crippen LogP contribution in [-0.2, 0) is 6.54 Å². The molecular weight excluding hydrogens is 287 g/mol. The second-order valence-electron chi connectivity index (χ2n) is 3.37. The molecule has 0 bridgehead atoms. The van der Waals surface area contributed by atoms with Crippen molar-refractivity contribution >= 4 is 15.9 Å². The van der Waals surface area contributed by atoms with Gasteiger partial charge in [0.15, 0.2) is 11.6 Å². The van der Waals surface area contributed by atoms with Gasteiger partial charge in [0.1, 0.15) is 5.75 Å². The van der Waals surface area contributed by atoms with Gasteiger partial charge in [-0.2, -0.15) is 0 Å². The van der Waals surface area contributed by atoms with Crippen molar-refractivity contribution in [3.8, 4) is 11.5 Å². The number of rotatable bonds is 3. The van der Waals surface area contributed by atoms with Crippen LogP contribution in [0.2, 0.25) is 0 Å². The summed E-state index contributed by atoms with van der Waals surface area (Å²) in [5, 5.41) is 0. The zero-order chi connectivity index (χ0) is 12.3. The molecule has 0 radical (unpaired) electrons. The second-order valence-corrected chi connectivity index (χ2v) is 4.29. The molecular formula is C12H10BrFN2O. The highest BCUT2D eigenvalue weighted by molar-refractivity contribution is 9.10. The van der Waals surface area contributed by atoms with Gasteiger partial charge in [0, 0.05) is 22.8 Å². The van der Waals surface area contributed by atoms with E-state index in [-0.39, 0.29) is 12.3 Å². The molecule has 0 unspecified atom stereocenters. The first-order valence-corrected chi connectivity index (χ1v) is 5.76. The van der Waals surface area contributed by atoms with Crippen LogP contribution in [0.1, 0.15) is 5.56 Å². The molecule has 17 heavy (non-hydrogen) atoms. The summed E-state index contributed by atoms with van der Waals surface area (Å²) in [5.74, 6) is 0.169. The van der Waals surface area contributed by atoms with Crippen molar-refractivity contribution < 1.29 is 9.13 Å². The Balaban J connectivity index is 2.35. The minimum atomic E-state index is -0.437. The quantitative estimate of drug-likeness (QED) is 0.946. The van der Waals surface area contributed by atoms with Crippen molar-refractivity contribution in [2.75, 3.05) is 0 Å². The van der Waals surface area contributed by atoms with Crippen molar-refractivity contribution in [2.45, 2.75) is 6.54 Å². The Hall–Kier alpha value is -1.46. The van der Waals surface area contributed by atoms with Crippen LogP contribution in [0.25, 0.3) is 0 Å². The predicted molar refractivity (Wildman–Crippen MR) is 66.3 cm³/mol. The number of nitrogens with zero attached hydrogens (tertiary/aromatic N) is 1. The smallest absolute Gasteiger partial charge is 0.167 e. The first kappa shape index (κ1) is 12.0. The van der Waals surface area contributed by atoms with Gasteiger partial charge >= 0.3 is 0 Å². The Morgan fingerprint density at radius 2 is 2.18 bits per heavy atom. The third-order valence-corrected chi connectivity index (χ3v) is 2.60. The molecule has 0 fully saturated rings. The van der Waals surface area contributed by atoms with Crippen LogP contribution < -0.4 is 10.5 Å². The SMILES string of the molecule is NCc1cccc(F)c1Oc1cncc(Br)c1. The molecule has 0 saturated heterocycles. The fraction of sp³-hybridized carbons (Fsp3) is 0.0833. The van der Waals surface area contributed by atoms with Crippen LogP contribution in [0.4, 0.5) is 4.39 Å². The summed E-state index contributed by atoms with van der Waals surface area (Å²) in [7, 11) is 0. The van der Waals surface area contributed by atoms with Crippen molar-refractivity contribution in [3.63, 3.8) is 0 Å². The third kappa shape index (κ3) is 2.81. The van der Waals surface area contributed by atoms with Gasteiger partial charge in [0.05, 0.1) is 6.20 Å². The van der Waals surface area contributed by atoms with Gasteiger partial charge < -0.3 is 10.5 Å². The molecule has 5 heteroatoms. The molecule has 2 rings (SSSR count). The number of benzene rings is 1. The minimum Gasteiger partial charge on any atom is -0.452 e. The van der Waals surface area contributed by atoms with E-state index < -0.39 is 5.82 Å². The van der Waals surface area contributed by atoms with Gasteiger partial charge in [-0.3, -0.25) is 4.98 Å². The van der Waals surface area contributed by atoms with Gasteiger partial charge in [0.25, 0.3) is 0 Å². The van der Waals surface area contributed by atoms with Crippen LogP contribution in [0.3, 0.4) is 0 Å².